The van der Waals surface area contributed by atoms with Gasteiger partial charge >= 0.3 is 0 Å². The van der Waals surface area contributed by atoms with E-state index in [0.717, 1.165) is 49.8 Å². The topological polar surface area (TPSA) is 113 Å². The molecule has 5 heterocycles. The smallest absolute Gasteiger partial charge is 0.290 e. The fraction of sp³-hybridized carbons (Fsp3) is 0.280. The van der Waals surface area contributed by atoms with Crippen LogP contribution in [0.15, 0.2) is 54.0 Å². The zero-order valence-electron chi connectivity index (χ0n) is 19.4. The highest BCUT2D eigenvalue weighted by molar-refractivity contribution is 8.18. The quantitative estimate of drug-likeness (QED) is 0.467. The molecule has 36 heavy (non-hydrogen) atoms. The number of imide groups is 1. The average molecular weight is 506 g/mol. The maximum atomic E-state index is 14.2. The zero-order chi connectivity index (χ0) is 24.9. The minimum absolute atomic E-state index is 0.331. The van der Waals surface area contributed by atoms with Crippen molar-refractivity contribution in [1.82, 2.24) is 30.6 Å². The molecule has 2 aliphatic heterocycles. The molecular formula is C25H24FN7O2S. The molecule has 2 aliphatic rings. The lowest BCUT2D eigenvalue weighted by atomic mass is 9.97. The van der Waals surface area contributed by atoms with Crippen LogP contribution in [0.25, 0.3) is 17.3 Å². The lowest BCUT2D eigenvalue weighted by Gasteiger charge is -2.32. The van der Waals surface area contributed by atoms with Crippen LogP contribution in [0.4, 0.5) is 15.1 Å². The van der Waals surface area contributed by atoms with Gasteiger partial charge in [0.05, 0.1) is 22.5 Å². The third-order valence-corrected chi connectivity index (χ3v) is 6.96. The largest absolute Gasteiger partial charge is 0.341 e. The first-order chi connectivity index (χ1) is 17.6. The minimum atomic E-state index is -0.400. The first-order valence-electron chi connectivity index (χ1n) is 11.6. The number of nitrogens with zero attached hydrogens (tertiary/aromatic N) is 5. The molecule has 0 radical (unpaired) electrons. The van der Waals surface area contributed by atoms with Crippen LogP contribution in [0.1, 0.15) is 24.1 Å². The molecule has 184 valence electrons. The van der Waals surface area contributed by atoms with Gasteiger partial charge in [-0.05, 0) is 66.9 Å². The van der Waals surface area contributed by atoms with Gasteiger partial charge in [0.25, 0.3) is 11.1 Å². The molecule has 0 atom stereocenters. The second-order valence-electron chi connectivity index (χ2n) is 8.56. The molecule has 3 aromatic rings. The van der Waals surface area contributed by atoms with Gasteiger partial charge in [0.15, 0.2) is 5.82 Å². The van der Waals surface area contributed by atoms with E-state index in [0.29, 0.717) is 40.3 Å². The van der Waals surface area contributed by atoms with Gasteiger partial charge in [-0.1, -0.05) is 6.07 Å². The van der Waals surface area contributed by atoms with Crippen molar-refractivity contribution in [3.8, 4) is 11.3 Å². The van der Waals surface area contributed by atoms with Gasteiger partial charge in [0.2, 0.25) is 5.95 Å². The molecule has 0 bridgehead atoms. The highest BCUT2D eigenvalue weighted by Gasteiger charge is 2.26. The summed E-state index contributed by atoms with van der Waals surface area (Å²) < 4.78 is 14.2. The van der Waals surface area contributed by atoms with E-state index in [1.807, 2.05) is 12.1 Å². The van der Waals surface area contributed by atoms with Gasteiger partial charge in [-0.3, -0.25) is 24.9 Å². The Hall–Kier alpha value is -3.70. The standard InChI is InChI=1S/C25H24FN7O2S/c26-20-15-27-8-4-19(20)22-17(2-1-7-29-22)14-28-13-16-5-10-33(11-6-16)24-30-9-3-18(31-24)12-21-23(34)32-25(35)36-21/h1-4,7-9,12,15-16,28H,5-6,10-11,13-14H2,(H,32,34,35)/b21-12-. The molecule has 0 aliphatic carbocycles. The molecule has 0 spiro atoms. The number of hydrogen-bond acceptors (Lipinski definition) is 9. The van der Waals surface area contributed by atoms with E-state index in [2.05, 4.69) is 35.5 Å². The maximum absolute atomic E-state index is 14.2. The number of piperidine rings is 1. The van der Waals surface area contributed by atoms with Crippen molar-refractivity contribution < 1.29 is 14.0 Å². The SMILES string of the molecule is O=C1NC(=O)/C(=C/c2ccnc(N3CCC(CNCc4cccnc4-c4ccncc4F)CC3)n2)S1. The maximum Gasteiger partial charge on any atom is 0.290 e. The molecule has 5 rings (SSSR count). The van der Waals surface area contributed by atoms with Crippen LogP contribution in [0.5, 0.6) is 0 Å². The van der Waals surface area contributed by atoms with Crippen molar-refractivity contribution >= 4 is 34.9 Å². The van der Waals surface area contributed by atoms with Crippen LogP contribution in [0, 0.1) is 11.7 Å². The van der Waals surface area contributed by atoms with Crippen LogP contribution < -0.4 is 15.5 Å². The number of halogens is 1. The van der Waals surface area contributed by atoms with Crippen molar-refractivity contribution in [3.05, 3.63) is 71.0 Å². The zero-order valence-corrected chi connectivity index (χ0v) is 20.2. The monoisotopic (exact) mass is 505 g/mol. The van der Waals surface area contributed by atoms with E-state index in [1.54, 1.807) is 36.8 Å². The summed E-state index contributed by atoms with van der Waals surface area (Å²) >= 11 is 0.872. The summed E-state index contributed by atoms with van der Waals surface area (Å²) in [5.74, 6) is 0.327. The molecule has 2 amide bonds. The highest BCUT2D eigenvalue weighted by atomic mass is 32.2. The summed E-state index contributed by atoms with van der Waals surface area (Å²) in [5.41, 5.74) is 2.61. The van der Waals surface area contributed by atoms with Gasteiger partial charge in [0, 0.05) is 43.8 Å². The summed E-state index contributed by atoms with van der Waals surface area (Å²) in [6.45, 7) is 3.08. The second-order valence-corrected chi connectivity index (χ2v) is 9.58. The Balaban J connectivity index is 1.15. The molecule has 2 N–H and O–H groups in total. The molecule has 0 saturated carbocycles. The van der Waals surface area contributed by atoms with Crippen molar-refractivity contribution in [2.45, 2.75) is 19.4 Å². The molecular weight excluding hydrogens is 481 g/mol. The Labute approximate surface area is 211 Å². The Morgan fingerprint density at radius 2 is 2.00 bits per heavy atom. The molecule has 9 nitrogen and oxygen atoms in total. The van der Waals surface area contributed by atoms with Gasteiger partial charge in [-0.2, -0.15) is 0 Å². The van der Waals surface area contributed by atoms with E-state index in [1.165, 1.54) is 6.20 Å². The number of hydrogen-bond donors (Lipinski definition) is 2. The van der Waals surface area contributed by atoms with E-state index in [-0.39, 0.29) is 11.1 Å². The van der Waals surface area contributed by atoms with Crippen LogP contribution in [0.2, 0.25) is 0 Å². The molecule has 2 saturated heterocycles. The van der Waals surface area contributed by atoms with E-state index < -0.39 is 5.91 Å². The fourth-order valence-electron chi connectivity index (χ4n) is 4.29. The Morgan fingerprint density at radius 1 is 1.14 bits per heavy atom. The molecule has 11 heteroatoms. The van der Waals surface area contributed by atoms with Crippen LogP contribution >= 0.6 is 11.8 Å². The predicted molar refractivity (Wildman–Crippen MR) is 135 cm³/mol. The number of carbonyl (C=O) groups is 2. The number of rotatable bonds is 7. The summed E-state index contributed by atoms with van der Waals surface area (Å²) in [4.78, 5) is 42.8. The number of aromatic nitrogens is 4. The van der Waals surface area contributed by atoms with Crippen LogP contribution in [-0.2, 0) is 11.3 Å². The number of thioether (sulfide) groups is 1. The Bertz CT molecular complexity index is 1310. The van der Waals surface area contributed by atoms with E-state index in [4.69, 9.17) is 0 Å². The minimum Gasteiger partial charge on any atom is -0.341 e. The summed E-state index contributed by atoms with van der Waals surface area (Å²) in [6.07, 6.45) is 9.68. The summed E-state index contributed by atoms with van der Waals surface area (Å²) in [6, 6.07) is 7.18. The molecule has 2 fully saturated rings. The Kier molecular flexibility index (Phi) is 7.28. The predicted octanol–water partition coefficient (Wildman–Crippen LogP) is 3.40. The Morgan fingerprint density at radius 3 is 2.78 bits per heavy atom. The first-order valence-corrected chi connectivity index (χ1v) is 12.5. The fourth-order valence-corrected chi connectivity index (χ4v) is 4.96. The van der Waals surface area contributed by atoms with Crippen molar-refractivity contribution in [1.29, 1.82) is 0 Å². The van der Waals surface area contributed by atoms with E-state index in [9.17, 15) is 14.0 Å². The lowest BCUT2D eigenvalue weighted by molar-refractivity contribution is -0.115. The third kappa shape index (κ3) is 5.58. The third-order valence-electron chi connectivity index (χ3n) is 6.15. The van der Waals surface area contributed by atoms with Gasteiger partial charge in [-0.25, -0.2) is 14.4 Å². The van der Waals surface area contributed by atoms with Crippen LogP contribution in [0.3, 0.4) is 0 Å². The lowest BCUT2D eigenvalue weighted by Crippen LogP contribution is -2.38. The van der Waals surface area contributed by atoms with Crippen LogP contribution in [-0.4, -0.2) is 50.7 Å². The number of pyridine rings is 2. The van der Waals surface area contributed by atoms with Gasteiger partial charge in [-0.15, -0.1) is 0 Å². The normalized spacial score (nSPS) is 17.6. The number of anilines is 1. The average Bonchev–Trinajstić information content (AvgIpc) is 3.21. The molecule has 0 unspecified atom stereocenters. The van der Waals surface area contributed by atoms with Crippen molar-refractivity contribution in [3.63, 3.8) is 0 Å². The number of carbonyl (C=O) groups excluding carboxylic acids is 2. The summed E-state index contributed by atoms with van der Waals surface area (Å²) in [7, 11) is 0. The van der Waals surface area contributed by atoms with E-state index >= 15 is 0 Å². The van der Waals surface area contributed by atoms with Gasteiger partial charge in [0.1, 0.15) is 0 Å². The van der Waals surface area contributed by atoms with Crippen molar-refractivity contribution in [2.75, 3.05) is 24.5 Å². The second kappa shape index (κ2) is 10.9. The van der Waals surface area contributed by atoms with Gasteiger partial charge < -0.3 is 10.2 Å². The molecule has 3 aromatic heterocycles. The first kappa shape index (κ1) is 24.0. The summed E-state index contributed by atoms with van der Waals surface area (Å²) in [5, 5.41) is 5.38. The number of amides is 2. The van der Waals surface area contributed by atoms with Crippen molar-refractivity contribution in [2.24, 2.45) is 5.92 Å². The highest BCUT2D eigenvalue weighted by Crippen LogP contribution is 2.26. The molecule has 0 aromatic carbocycles. The number of nitrogens with one attached hydrogen (secondary N) is 2.